The predicted octanol–water partition coefficient (Wildman–Crippen LogP) is 3.16. The van der Waals surface area contributed by atoms with Crippen molar-refractivity contribution in [3.63, 3.8) is 0 Å². The first-order valence-corrected chi connectivity index (χ1v) is 8.31. The molecule has 1 aromatic heterocycles. The van der Waals surface area contributed by atoms with Crippen LogP contribution >= 0.6 is 0 Å². The lowest BCUT2D eigenvalue weighted by atomic mass is 9.94. The summed E-state index contributed by atoms with van der Waals surface area (Å²) in [5.74, 6) is 1.55. The van der Waals surface area contributed by atoms with E-state index in [1.807, 2.05) is 42.5 Å². The van der Waals surface area contributed by atoms with E-state index >= 15 is 0 Å². The van der Waals surface area contributed by atoms with Crippen LogP contribution in [0.15, 0.2) is 54.6 Å². The molecule has 0 bridgehead atoms. The molecule has 0 radical (unpaired) electrons. The van der Waals surface area contributed by atoms with Crippen molar-refractivity contribution in [1.82, 2.24) is 15.3 Å². The average molecular weight is 333 g/mol. The highest BCUT2D eigenvalue weighted by Gasteiger charge is 2.26. The minimum absolute atomic E-state index is 0.126. The summed E-state index contributed by atoms with van der Waals surface area (Å²) in [4.78, 5) is 20.3. The van der Waals surface area contributed by atoms with E-state index in [-0.39, 0.29) is 11.8 Å². The molecule has 2 aromatic carbocycles. The van der Waals surface area contributed by atoms with E-state index in [2.05, 4.69) is 27.4 Å². The van der Waals surface area contributed by atoms with Gasteiger partial charge in [0.15, 0.2) is 0 Å². The zero-order chi connectivity index (χ0) is 17.2. The molecule has 1 atom stereocenters. The van der Waals surface area contributed by atoms with Gasteiger partial charge in [-0.3, -0.25) is 4.79 Å². The lowest BCUT2D eigenvalue weighted by molar-refractivity contribution is 0.0950. The Labute approximate surface area is 146 Å². The normalized spacial score (nSPS) is 16.7. The van der Waals surface area contributed by atoms with Crippen LogP contribution in [-0.4, -0.2) is 29.5 Å². The maximum absolute atomic E-state index is 12.4. The highest BCUT2D eigenvalue weighted by molar-refractivity contribution is 5.94. The number of hydrogen-bond donors (Lipinski definition) is 2. The molecule has 1 aliphatic heterocycles. The second-order valence-electron chi connectivity index (χ2n) is 6.17. The summed E-state index contributed by atoms with van der Waals surface area (Å²) in [7, 11) is 1.63. The second kappa shape index (κ2) is 6.43. The summed E-state index contributed by atoms with van der Waals surface area (Å²) in [6, 6.07) is 17.9. The number of imidazole rings is 1. The van der Waals surface area contributed by atoms with Crippen molar-refractivity contribution in [3.05, 3.63) is 71.5 Å². The number of H-pyrrole nitrogens is 1. The van der Waals surface area contributed by atoms with E-state index in [4.69, 9.17) is 4.74 Å². The summed E-state index contributed by atoms with van der Waals surface area (Å²) in [6.07, 6.45) is 0.745. The van der Waals surface area contributed by atoms with Crippen molar-refractivity contribution in [3.8, 4) is 17.1 Å². The Kier molecular flexibility index (Phi) is 3.98. The van der Waals surface area contributed by atoms with Crippen molar-refractivity contribution < 1.29 is 9.53 Å². The van der Waals surface area contributed by atoms with Crippen LogP contribution in [0.4, 0.5) is 0 Å². The fourth-order valence-electron chi connectivity index (χ4n) is 3.23. The SMILES string of the molecule is COc1cccc(-c2nc3c([nH]2)C[C@H](c2ccccc2)CNC3=O)c1. The summed E-state index contributed by atoms with van der Waals surface area (Å²) in [6.45, 7) is 0.613. The molecule has 126 valence electrons. The van der Waals surface area contributed by atoms with Crippen molar-refractivity contribution in [2.24, 2.45) is 0 Å². The number of aromatic amines is 1. The Morgan fingerprint density at radius 1 is 1.12 bits per heavy atom. The van der Waals surface area contributed by atoms with Crippen molar-refractivity contribution in [2.45, 2.75) is 12.3 Å². The molecule has 5 heteroatoms. The molecular weight excluding hydrogens is 314 g/mol. The number of ether oxygens (including phenoxy) is 1. The van der Waals surface area contributed by atoms with E-state index in [1.54, 1.807) is 7.11 Å². The third kappa shape index (κ3) is 3.01. The zero-order valence-electron chi connectivity index (χ0n) is 14.0. The van der Waals surface area contributed by atoms with Crippen LogP contribution < -0.4 is 10.1 Å². The van der Waals surface area contributed by atoms with Crippen LogP contribution in [0, 0.1) is 0 Å². The highest BCUT2D eigenvalue weighted by atomic mass is 16.5. The number of nitrogens with one attached hydrogen (secondary N) is 2. The van der Waals surface area contributed by atoms with Gasteiger partial charge in [0.1, 0.15) is 17.3 Å². The van der Waals surface area contributed by atoms with Gasteiger partial charge in [-0.2, -0.15) is 0 Å². The van der Waals surface area contributed by atoms with Gasteiger partial charge < -0.3 is 15.0 Å². The Morgan fingerprint density at radius 3 is 2.76 bits per heavy atom. The van der Waals surface area contributed by atoms with E-state index < -0.39 is 0 Å². The maximum atomic E-state index is 12.4. The van der Waals surface area contributed by atoms with Crippen LogP contribution in [0.25, 0.3) is 11.4 Å². The number of aromatic nitrogens is 2. The van der Waals surface area contributed by atoms with E-state index in [9.17, 15) is 4.79 Å². The van der Waals surface area contributed by atoms with E-state index in [0.29, 0.717) is 18.1 Å². The summed E-state index contributed by atoms with van der Waals surface area (Å²) < 4.78 is 5.27. The lowest BCUT2D eigenvalue weighted by Gasteiger charge is -2.14. The molecule has 2 N–H and O–H groups in total. The van der Waals surface area contributed by atoms with Gasteiger partial charge in [-0.1, -0.05) is 42.5 Å². The quantitative estimate of drug-likeness (QED) is 0.774. The number of benzene rings is 2. The molecule has 0 fully saturated rings. The Morgan fingerprint density at radius 2 is 1.96 bits per heavy atom. The number of hydrogen-bond acceptors (Lipinski definition) is 3. The highest BCUT2D eigenvalue weighted by Crippen LogP contribution is 2.28. The van der Waals surface area contributed by atoms with Crippen LogP contribution in [-0.2, 0) is 6.42 Å². The molecule has 0 unspecified atom stereocenters. The molecule has 3 aromatic rings. The summed E-state index contributed by atoms with van der Waals surface area (Å²) in [5.41, 5.74) is 3.47. The van der Waals surface area contributed by atoms with Gasteiger partial charge in [-0.05, 0) is 24.1 Å². The van der Waals surface area contributed by atoms with Gasteiger partial charge in [0.05, 0.1) is 7.11 Å². The van der Waals surface area contributed by atoms with Crippen LogP contribution in [0.3, 0.4) is 0 Å². The molecule has 0 saturated heterocycles. The Hall–Kier alpha value is -3.08. The molecule has 25 heavy (non-hydrogen) atoms. The topological polar surface area (TPSA) is 67.0 Å². The largest absolute Gasteiger partial charge is 0.497 e. The smallest absolute Gasteiger partial charge is 0.271 e. The van der Waals surface area contributed by atoms with Gasteiger partial charge in [0.25, 0.3) is 5.91 Å². The van der Waals surface area contributed by atoms with Crippen LogP contribution in [0.1, 0.15) is 27.7 Å². The molecular formula is C20H19N3O2. The Balaban J connectivity index is 1.70. The molecule has 0 spiro atoms. The number of fused-ring (bicyclic) bond motifs is 1. The Bertz CT molecular complexity index is 902. The first kappa shape index (κ1) is 15.4. The minimum atomic E-state index is -0.126. The first-order valence-electron chi connectivity index (χ1n) is 8.31. The maximum Gasteiger partial charge on any atom is 0.271 e. The lowest BCUT2D eigenvalue weighted by Crippen LogP contribution is -2.26. The van der Waals surface area contributed by atoms with Gasteiger partial charge in [-0.25, -0.2) is 4.98 Å². The van der Waals surface area contributed by atoms with Crippen LogP contribution in [0.5, 0.6) is 5.75 Å². The summed E-state index contributed by atoms with van der Waals surface area (Å²) >= 11 is 0. The minimum Gasteiger partial charge on any atom is -0.497 e. The van der Waals surface area contributed by atoms with E-state index in [0.717, 1.165) is 23.4 Å². The summed E-state index contributed by atoms with van der Waals surface area (Å²) in [5, 5.41) is 2.99. The monoisotopic (exact) mass is 333 g/mol. The molecule has 0 saturated carbocycles. The number of methoxy groups -OCH3 is 1. The van der Waals surface area contributed by atoms with Gasteiger partial charge in [0.2, 0.25) is 0 Å². The number of carbonyl (C=O) groups excluding carboxylic acids is 1. The number of amides is 1. The van der Waals surface area contributed by atoms with Gasteiger partial charge >= 0.3 is 0 Å². The average Bonchev–Trinajstić information content (AvgIpc) is 3.03. The third-order valence-electron chi connectivity index (χ3n) is 4.57. The van der Waals surface area contributed by atoms with Crippen LogP contribution in [0.2, 0.25) is 0 Å². The molecule has 1 amide bonds. The molecule has 5 nitrogen and oxygen atoms in total. The number of carbonyl (C=O) groups is 1. The predicted molar refractivity (Wildman–Crippen MR) is 95.8 cm³/mol. The van der Waals surface area contributed by atoms with Crippen molar-refractivity contribution in [1.29, 1.82) is 0 Å². The first-order chi connectivity index (χ1) is 12.2. The molecule has 0 aliphatic carbocycles. The van der Waals surface area contributed by atoms with Gasteiger partial charge in [0, 0.05) is 23.7 Å². The number of nitrogens with zero attached hydrogens (tertiary/aromatic N) is 1. The van der Waals surface area contributed by atoms with E-state index in [1.165, 1.54) is 5.56 Å². The zero-order valence-corrected chi connectivity index (χ0v) is 14.0. The number of rotatable bonds is 3. The van der Waals surface area contributed by atoms with Gasteiger partial charge in [-0.15, -0.1) is 0 Å². The fraction of sp³-hybridized carbons (Fsp3) is 0.200. The fourth-order valence-corrected chi connectivity index (χ4v) is 3.23. The second-order valence-corrected chi connectivity index (χ2v) is 6.17. The van der Waals surface area contributed by atoms with Crippen molar-refractivity contribution in [2.75, 3.05) is 13.7 Å². The standard InChI is InChI=1S/C20H19N3O2/c1-25-16-9-5-8-14(10-16)19-22-17-11-15(13-6-3-2-4-7-13)12-21-20(24)18(17)23-19/h2-10,15H,11-12H2,1H3,(H,21,24)(H,22,23)/t15-/m0/s1. The molecule has 1 aliphatic rings. The molecule has 2 heterocycles. The molecule has 4 rings (SSSR count). The van der Waals surface area contributed by atoms with Crippen molar-refractivity contribution >= 4 is 5.91 Å². The third-order valence-corrected chi connectivity index (χ3v) is 4.57.